The zero-order valence-corrected chi connectivity index (χ0v) is 26.1. The number of benzene rings is 2. The van der Waals surface area contributed by atoms with Crippen molar-refractivity contribution in [2.24, 2.45) is 4.99 Å². The number of amidine groups is 1. The van der Waals surface area contributed by atoms with E-state index in [9.17, 15) is 9.59 Å². The SMILES string of the molecule is C=CC(=O)Nc1cc(N2CCN(CC)CC2)ccc1NC1=CC(N(C)C(=O)Nc2c(Cl)c(OC)cc(OC)c2Cl)=NCN1. The van der Waals surface area contributed by atoms with Gasteiger partial charge in [-0.25, -0.2) is 9.79 Å². The van der Waals surface area contributed by atoms with Gasteiger partial charge in [-0.3, -0.25) is 9.69 Å². The highest BCUT2D eigenvalue weighted by atomic mass is 35.5. The number of hydrogen-bond acceptors (Lipinski definition) is 9. The summed E-state index contributed by atoms with van der Waals surface area (Å²) in [6.45, 7) is 10.7. The second-order valence-corrected chi connectivity index (χ2v) is 10.4. The number of ether oxygens (including phenoxy) is 2. The Morgan fingerprint density at radius 1 is 1.07 bits per heavy atom. The number of rotatable bonds is 9. The van der Waals surface area contributed by atoms with Crippen molar-refractivity contribution < 1.29 is 19.1 Å². The van der Waals surface area contributed by atoms with Crippen LogP contribution in [0.3, 0.4) is 0 Å². The van der Waals surface area contributed by atoms with Crippen LogP contribution in [0.25, 0.3) is 0 Å². The number of methoxy groups -OCH3 is 2. The molecule has 0 saturated carbocycles. The van der Waals surface area contributed by atoms with Gasteiger partial charge in [-0.15, -0.1) is 0 Å². The number of amides is 3. The summed E-state index contributed by atoms with van der Waals surface area (Å²) >= 11 is 12.8. The zero-order chi connectivity index (χ0) is 31.1. The Morgan fingerprint density at radius 2 is 1.74 bits per heavy atom. The summed E-state index contributed by atoms with van der Waals surface area (Å²) in [5.41, 5.74) is 2.40. The summed E-state index contributed by atoms with van der Waals surface area (Å²) in [5.74, 6) is 1.19. The smallest absolute Gasteiger partial charge is 0.327 e. The predicted octanol–water partition coefficient (Wildman–Crippen LogP) is 4.65. The molecule has 3 amide bonds. The predicted molar refractivity (Wildman–Crippen MR) is 173 cm³/mol. The molecule has 2 aromatic carbocycles. The van der Waals surface area contributed by atoms with Gasteiger partial charge in [-0.2, -0.15) is 0 Å². The van der Waals surface area contributed by atoms with Crippen LogP contribution in [-0.4, -0.2) is 88.2 Å². The molecule has 0 aliphatic carbocycles. The maximum atomic E-state index is 13.2. The molecule has 1 saturated heterocycles. The first-order valence-corrected chi connectivity index (χ1v) is 14.4. The van der Waals surface area contributed by atoms with E-state index in [-0.39, 0.29) is 28.3 Å². The molecule has 0 aromatic heterocycles. The number of carbonyl (C=O) groups is 2. The number of aliphatic imine (C=N–C) groups is 1. The van der Waals surface area contributed by atoms with Gasteiger partial charge in [-0.05, 0) is 30.8 Å². The van der Waals surface area contributed by atoms with Crippen LogP contribution in [0, 0.1) is 0 Å². The summed E-state index contributed by atoms with van der Waals surface area (Å²) in [5, 5.41) is 12.3. The number of hydrogen-bond donors (Lipinski definition) is 4. The second-order valence-electron chi connectivity index (χ2n) is 9.65. The Bertz CT molecular complexity index is 1410. The van der Waals surface area contributed by atoms with Crippen molar-refractivity contribution >= 4 is 63.7 Å². The standard InChI is InChI=1S/C29H36Cl2N8O4/c1-6-25(40)35-20-14-18(39-12-10-38(7-2)11-13-39)8-9-19(20)34-23-16-24(33-17-32-23)37(3)29(41)36-28-26(30)21(42-4)15-22(43-5)27(28)31/h6,8-9,14-16,32,34H,1,7,10-13,17H2,2-5H3,(H,35,40)(H,36,41). The fourth-order valence-electron chi connectivity index (χ4n) is 4.60. The molecular weight excluding hydrogens is 595 g/mol. The molecule has 2 aliphatic rings. The summed E-state index contributed by atoms with van der Waals surface area (Å²) in [6.07, 6.45) is 2.90. The molecule has 230 valence electrons. The van der Waals surface area contributed by atoms with Crippen molar-refractivity contribution in [2.75, 3.05) is 81.5 Å². The maximum Gasteiger partial charge on any atom is 0.327 e. The molecular formula is C29H36Cl2N8O4. The highest BCUT2D eigenvalue weighted by Crippen LogP contribution is 2.44. The minimum atomic E-state index is -0.540. The van der Waals surface area contributed by atoms with Crippen molar-refractivity contribution in [1.82, 2.24) is 15.1 Å². The number of likely N-dealkylation sites (N-methyl/N-ethyl adjacent to an activating group) is 2. The second kappa shape index (κ2) is 14.4. The van der Waals surface area contributed by atoms with E-state index in [2.05, 4.69) is 49.6 Å². The van der Waals surface area contributed by atoms with Crippen molar-refractivity contribution in [3.05, 3.63) is 58.9 Å². The normalized spacial score (nSPS) is 15.0. The van der Waals surface area contributed by atoms with Crippen molar-refractivity contribution in [2.45, 2.75) is 6.92 Å². The molecule has 14 heteroatoms. The van der Waals surface area contributed by atoms with Gasteiger partial charge in [0.05, 0.1) is 31.3 Å². The molecule has 1 fully saturated rings. The Hall–Kier alpha value is -4.13. The number of carbonyl (C=O) groups excluding carboxylic acids is 2. The number of nitrogens with one attached hydrogen (secondary N) is 4. The highest BCUT2D eigenvalue weighted by molar-refractivity contribution is 6.41. The maximum absolute atomic E-state index is 13.2. The Labute approximate surface area is 261 Å². The van der Waals surface area contributed by atoms with Gasteiger partial charge in [0, 0.05) is 51.1 Å². The summed E-state index contributed by atoms with van der Waals surface area (Å²) < 4.78 is 10.6. The molecule has 43 heavy (non-hydrogen) atoms. The Balaban J connectivity index is 1.52. The van der Waals surface area contributed by atoms with E-state index in [1.54, 1.807) is 13.1 Å². The first kappa shape index (κ1) is 31.8. The lowest BCUT2D eigenvalue weighted by Crippen LogP contribution is -2.46. The number of anilines is 4. The first-order chi connectivity index (χ1) is 20.7. The lowest BCUT2D eigenvalue weighted by molar-refractivity contribution is -0.111. The van der Waals surface area contributed by atoms with Gasteiger partial charge in [0.15, 0.2) is 0 Å². The average Bonchev–Trinajstić information content (AvgIpc) is 3.03. The topological polar surface area (TPSA) is 123 Å². The number of urea groups is 1. The van der Waals surface area contributed by atoms with Crippen molar-refractivity contribution in [1.29, 1.82) is 0 Å². The molecule has 0 atom stereocenters. The third-order valence-corrected chi connectivity index (χ3v) is 7.89. The summed E-state index contributed by atoms with van der Waals surface area (Å²) in [6, 6.07) is 6.86. The van der Waals surface area contributed by atoms with E-state index in [0.29, 0.717) is 34.5 Å². The molecule has 2 aliphatic heterocycles. The van der Waals surface area contributed by atoms with Crippen LogP contribution >= 0.6 is 23.2 Å². The lowest BCUT2D eigenvalue weighted by atomic mass is 10.2. The van der Waals surface area contributed by atoms with Gasteiger partial charge in [0.2, 0.25) is 5.91 Å². The average molecular weight is 632 g/mol. The molecule has 0 unspecified atom stereocenters. The van der Waals surface area contributed by atoms with Gasteiger partial charge in [-0.1, -0.05) is 36.7 Å². The van der Waals surface area contributed by atoms with E-state index < -0.39 is 6.03 Å². The van der Waals surface area contributed by atoms with Crippen molar-refractivity contribution in [3.63, 3.8) is 0 Å². The Morgan fingerprint density at radius 3 is 2.35 bits per heavy atom. The third-order valence-electron chi connectivity index (χ3n) is 7.14. The van der Waals surface area contributed by atoms with Gasteiger partial charge < -0.3 is 40.5 Å². The quantitative estimate of drug-likeness (QED) is 0.295. The number of nitrogens with zero attached hydrogens (tertiary/aromatic N) is 4. The molecule has 2 aromatic rings. The fraction of sp³-hybridized carbons (Fsp3) is 0.345. The van der Waals surface area contributed by atoms with E-state index in [1.807, 2.05) is 18.2 Å². The van der Waals surface area contributed by atoms with Crippen LogP contribution < -0.4 is 35.6 Å². The minimum Gasteiger partial charge on any atom is -0.495 e. The Kier molecular flexibility index (Phi) is 10.6. The largest absolute Gasteiger partial charge is 0.495 e. The monoisotopic (exact) mass is 630 g/mol. The summed E-state index contributed by atoms with van der Waals surface area (Å²) in [7, 11) is 4.46. The van der Waals surface area contributed by atoms with Gasteiger partial charge in [0.25, 0.3) is 0 Å². The van der Waals surface area contributed by atoms with E-state index in [1.165, 1.54) is 31.3 Å². The number of halogens is 2. The molecule has 4 rings (SSSR count). The van der Waals surface area contributed by atoms with Crippen LogP contribution in [-0.2, 0) is 4.79 Å². The van der Waals surface area contributed by atoms with Crippen LogP contribution in [0.4, 0.5) is 27.5 Å². The van der Waals surface area contributed by atoms with Gasteiger partial charge >= 0.3 is 6.03 Å². The van der Waals surface area contributed by atoms with Gasteiger partial charge in [0.1, 0.15) is 39.9 Å². The van der Waals surface area contributed by atoms with E-state index in [0.717, 1.165) is 38.4 Å². The van der Waals surface area contributed by atoms with Crippen molar-refractivity contribution in [3.8, 4) is 11.5 Å². The molecule has 12 nitrogen and oxygen atoms in total. The fourth-order valence-corrected chi connectivity index (χ4v) is 5.19. The van der Waals surface area contributed by atoms with E-state index in [4.69, 9.17) is 32.7 Å². The van der Waals surface area contributed by atoms with Crippen LogP contribution in [0.15, 0.2) is 53.8 Å². The lowest BCUT2D eigenvalue weighted by Gasteiger charge is -2.35. The molecule has 4 N–H and O–H groups in total. The highest BCUT2D eigenvalue weighted by Gasteiger charge is 2.23. The number of piperazine rings is 1. The molecule has 0 radical (unpaired) electrons. The van der Waals surface area contributed by atoms with Crippen LogP contribution in [0.2, 0.25) is 10.0 Å². The molecule has 0 spiro atoms. The zero-order valence-electron chi connectivity index (χ0n) is 24.6. The minimum absolute atomic E-state index is 0.130. The molecule has 0 bridgehead atoms. The summed E-state index contributed by atoms with van der Waals surface area (Å²) in [4.78, 5) is 35.9. The first-order valence-electron chi connectivity index (χ1n) is 13.7. The van der Waals surface area contributed by atoms with Crippen LogP contribution in [0.5, 0.6) is 11.5 Å². The van der Waals surface area contributed by atoms with Crippen LogP contribution in [0.1, 0.15) is 6.92 Å². The third kappa shape index (κ3) is 7.45. The van der Waals surface area contributed by atoms with E-state index >= 15 is 0 Å². The molecule has 2 heterocycles.